The summed E-state index contributed by atoms with van der Waals surface area (Å²) in [6.45, 7) is 1.58. The number of alkyl halides is 3. The molecule has 7 rings (SSSR count). The van der Waals surface area contributed by atoms with Crippen LogP contribution in [0.1, 0.15) is 40.7 Å². The third-order valence-corrected chi connectivity index (χ3v) is 7.79. The first-order valence-electron chi connectivity index (χ1n) is 11.1. The van der Waals surface area contributed by atoms with Crippen molar-refractivity contribution in [1.29, 1.82) is 0 Å². The minimum atomic E-state index is -4.74. The quantitative estimate of drug-likeness (QED) is 0.564. The fourth-order valence-corrected chi connectivity index (χ4v) is 6.69. The molecule has 0 unspecified atom stereocenters. The lowest BCUT2D eigenvalue weighted by molar-refractivity contribution is -0.137. The summed E-state index contributed by atoms with van der Waals surface area (Å²) >= 11 is 0. The molecule has 0 aromatic heterocycles. The first-order chi connectivity index (χ1) is 16.2. The van der Waals surface area contributed by atoms with Crippen molar-refractivity contribution in [3.8, 4) is 0 Å². The maximum absolute atomic E-state index is 14.0. The average Bonchev–Trinajstić information content (AvgIpc) is 3.09. The van der Waals surface area contributed by atoms with Gasteiger partial charge in [0, 0.05) is 5.92 Å². The van der Waals surface area contributed by atoms with Gasteiger partial charge in [-0.05, 0) is 41.3 Å². The third kappa shape index (κ3) is 2.37. The molecule has 7 heteroatoms. The van der Waals surface area contributed by atoms with E-state index in [0.29, 0.717) is 4.90 Å². The number of hydrogen-bond donors (Lipinski definition) is 1. The predicted molar refractivity (Wildman–Crippen MR) is 118 cm³/mol. The highest BCUT2D eigenvalue weighted by Crippen LogP contribution is 2.65. The number of rotatable bonds is 2. The minimum Gasteiger partial charge on any atom is -0.392 e. The van der Waals surface area contributed by atoms with Crippen LogP contribution in [0, 0.1) is 11.8 Å². The smallest absolute Gasteiger partial charge is 0.392 e. The number of benzene rings is 3. The summed E-state index contributed by atoms with van der Waals surface area (Å²) in [5.41, 5.74) is 0.410. The van der Waals surface area contributed by atoms with E-state index in [1.54, 1.807) is 6.92 Å². The van der Waals surface area contributed by atoms with Crippen molar-refractivity contribution in [3.63, 3.8) is 0 Å². The summed E-state index contributed by atoms with van der Waals surface area (Å²) in [7, 11) is 0. The van der Waals surface area contributed by atoms with Crippen molar-refractivity contribution < 1.29 is 27.9 Å². The molecule has 3 aromatic carbocycles. The normalized spacial score (nSPS) is 27.9. The zero-order valence-electron chi connectivity index (χ0n) is 18.1. The lowest BCUT2D eigenvalue weighted by Gasteiger charge is -2.55. The number of carbonyl (C=O) groups excluding carboxylic acids is 2. The zero-order chi connectivity index (χ0) is 24.0. The molecule has 1 fully saturated rings. The van der Waals surface area contributed by atoms with Crippen LogP contribution in [-0.4, -0.2) is 23.0 Å². The Bertz CT molecular complexity index is 1320. The van der Waals surface area contributed by atoms with Gasteiger partial charge in [-0.15, -0.1) is 0 Å². The Kier molecular flexibility index (Phi) is 4.22. The second kappa shape index (κ2) is 6.79. The number of amides is 2. The summed E-state index contributed by atoms with van der Waals surface area (Å²) in [6, 6.07) is 19.4. The van der Waals surface area contributed by atoms with Crippen LogP contribution in [0.2, 0.25) is 0 Å². The van der Waals surface area contributed by atoms with Crippen molar-refractivity contribution >= 4 is 17.5 Å². The van der Waals surface area contributed by atoms with Gasteiger partial charge in [-0.25, -0.2) is 4.90 Å². The van der Waals surface area contributed by atoms with Crippen LogP contribution in [0.25, 0.3) is 0 Å². The summed E-state index contributed by atoms with van der Waals surface area (Å²) in [5, 5.41) is 11.3. The van der Waals surface area contributed by atoms with Gasteiger partial charge in [0.25, 0.3) is 0 Å². The predicted octanol–water partition coefficient (Wildman–Crippen LogP) is 4.64. The van der Waals surface area contributed by atoms with Crippen LogP contribution < -0.4 is 4.90 Å². The number of hydrogen-bond acceptors (Lipinski definition) is 3. The van der Waals surface area contributed by atoms with Gasteiger partial charge in [-0.3, -0.25) is 9.59 Å². The van der Waals surface area contributed by atoms with E-state index >= 15 is 0 Å². The standard InChI is InChI=1S/C27H20F3NO3/c1-14(32)26-17-10-4-2-8-15(17)21(16-9-3-5-11-18(16)26)22-23(26)25(34)31(24(22)33)20-13-7-6-12-19(20)27(28,29)30/h2-14,21-23,32H,1H3/t14-,21?,22+,23-,26?/m1/s1. The van der Waals surface area contributed by atoms with Crippen molar-refractivity contribution in [2.24, 2.45) is 11.8 Å². The zero-order valence-corrected chi connectivity index (χ0v) is 18.1. The van der Waals surface area contributed by atoms with E-state index in [1.807, 2.05) is 48.5 Å². The molecular weight excluding hydrogens is 443 g/mol. The number of anilines is 1. The molecule has 2 amide bonds. The molecule has 3 aliphatic carbocycles. The van der Waals surface area contributed by atoms with Gasteiger partial charge >= 0.3 is 6.18 Å². The SMILES string of the molecule is C[C@@H](O)C12c3ccccc3C(c3ccccc31)[C@@H]1C(=O)N(c3ccccc3C(F)(F)F)C(=O)[C@@H]12. The lowest BCUT2D eigenvalue weighted by Crippen LogP contribution is -2.58. The van der Waals surface area contributed by atoms with Gasteiger partial charge in [-0.2, -0.15) is 13.2 Å². The highest BCUT2D eigenvalue weighted by atomic mass is 19.4. The third-order valence-electron chi connectivity index (χ3n) is 7.79. The molecule has 1 N–H and O–H groups in total. The summed E-state index contributed by atoms with van der Waals surface area (Å²) in [4.78, 5) is 28.5. The fraction of sp³-hybridized carbons (Fsp3) is 0.259. The van der Waals surface area contributed by atoms with E-state index in [2.05, 4.69) is 0 Å². The Hall–Kier alpha value is -3.45. The number of halogens is 3. The number of aliphatic hydroxyl groups excluding tert-OH is 1. The Balaban J connectivity index is 1.65. The average molecular weight is 463 g/mol. The molecule has 0 spiro atoms. The molecule has 1 saturated heterocycles. The van der Waals surface area contributed by atoms with E-state index in [1.165, 1.54) is 12.1 Å². The van der Waals surface area contributed by atoms with Crippen molar-refractivity contribution in [1.82, 2.24) is 0 Å². The number of nitrogens with zero attached hydrogens (tertiary/aromatic N) is 1. The molecule has 4 nitrogen and oxygen atoms in total. The summed E-state index contributed by atoms with van der Waals surface area (Å²) in [6.07, 6.45) is -5.81. The van der Waals surface area contributed by atoms with Gasteiger partial charge in [0.2, 0.25) is 11.8 Å². The van der Waals surface area contributed by atoms with Crippen molar-refractivity contribution in [2.45, 2.75) is 30.5 Å². The van der Waals surface area contributed by atoms with Crippen LogP contribution in [0.5, 0.6) is 0 Å². The first kappa shape index (κ1) is 21.1. The molecule has 3 atom stereocenters. The van der Waals surface area contributed by atoms with E-state index in [-0.39, 0.29) is 0 Å². The van der Waals surface area contributed by atoms with E-state index in [0.717, 1.165) is 34.4 Å². The largest absolute Gasteiger partial charge is 0.418 e. The van der Waals surface area contributed by atoms with Crippen LogP contribution in [-0.2, 0) is 21.2 Å². The maximum atomic E-state index is 14.0. The van der Waals surface area contributed by atoms with Crippen molar-refractivity contribution in [2.75, 3.05) is 4.90 Å². The summed E-state index contributed by atoms with van der Waals surface area (Å²) in [5.74, 6) is -3.78. The number of carbonyl (C=O) groups is 2. The van der Waals surface area contributed by atoms with Crippen LogP contribution in [0.15, 0.2) is 72.8 Å². The Labute approximate surface area is 193 Å². The molecule has 172 valence electrons. The molecule has 1 aliphatic heterocycles. The molecule has 2 bridgehead atoms. The highest BCUT2D eigenvalue weighted by molar-refractivity contribution is 6.24. The van der Waals surface area contributed by atoms with Gasteiger partial charge in [0.1, 0.15) is 0 Å². The minimum absolute atomic E-state index is 0.465. The molecule has 0 radical (unpaired) electrons. The Morgan fingerprint density at radius 3 is 1.94 bits per heavy atom. The number of para-hydroxylation sites is 1. The van der Waals surface area contributed by atoms with E-state index in [9.17, 15) is 27.9 Å². The van der Waals surface area contributed by atoms with Crippen LogP contribution in [0.4, 0.5) is 18.9 Å². The number of aliphatic hydroxyl groups is 1. The molecule has 0 saturated carbocycles. The summed E-state index contributed by atoms with van der Waals surface area (Å²) < 4.78 is 41.5. The van der Waals surface area contributed by atoms with Gasteiger partial charge < -0.3 is 5.11 Å². The van der Waals surface area contributed by atoms with Crippen LogP contribution >= 0.6 is 0 Å². The van der Waals surface area contributed by atoms with Gasteiger partial charge in [0.05, 0.1) is 34.6 Å². The highest BCUT2D eigenvalue weighted by Gasteiger charge is 2.69. The maximum Gasteiger partial charge on any atom is 0.418 e. The van der Waals surface area contributed by atoms with Crippen molar-refractivity contribution in [3.05, 3.63) is 101 Å². The number of imide groups is 1. The first-order valence-corrected chi connectivity index (χ1v) is 11.1. The molecule has 34 heavy (non-hydrogen) atoms. The Morgan fingerprint density at radius 1 is 0.853 bits per heavy atom. The lowest BCUT2D eigenvalue weighted by atomic mass is 9.46. The van der Waals surface area contributed by atoms with E-state index < -0.39 is 58.5 Å². The monoisotopic (exact) mass is 463 g/mol. The Morgan fingerprint density at radius 2 is 1.38 bits per heavy atom. The topological polar surface area (TPSA) is 57.6 Å². The van der Waals surface area contributed by atoms with Gasteiger partial charge in [0.15, 0.2) is 0 Å². The fourth-order valence-electron chi connectivity index (χ4n) is 6.69. The molecule has 4 aliphatic rings. The van der Waals surface area contributed by atoms with Crippen LogP contribution in [0.3, 0.4) is 0 Å². The molecular formula is C27H20F3NO3. The molecule has 1 heterocycles. The van der Waals surface area contributed by atoms with Gasteiger partial charge in [-0.1, -0.05) is 60.7 Å². The second-order valence-corrected chi connectivity index (χ2v) is 9.23. The van der Waals surface area contributed by atoms with E-state index in [4.69, 9.17) is 0 Å². The second-order valence-electron chi connectivity index (χ2n) is 9.23. The molecule has 3 aromatic rings.